The van der Waals surface area contributed by atoms with E-state index in [9.17, 15) is 18.0 Å². The average Bonchev–Trinajstić information content (AvgIpc) is 2.60. The maximum Gasteiger partial charge on any atom is 0.418 e. The molecule has 0 radical (unpaired) electrons. The van der Waals surface area contributed by atoms with Gasteiger partial charge >= 0.3 is 12.2 Å². The van der Waals surface area contributed by atoms with E-state index in [0.29, 0.717) is 10.7 Å². The Bertz CT molecular complexity index is 779. The standard InChI is InChI=1S/C16H19F3N6O/c1-10-6-7-11(22-8-10)9-24(2)14-12(16(17,18)19)4-3-5-13(14)25(21)15(26)23-20/h3-8H,9,20-21H2,1-2H3,(H,23,26). The van der Waals surface area contributed by atoms with Crippen molar-refractivity contribution in [2.75, 3.05) is 17.0 Å². The Morgan fingerprint density at radius 3 is 2.50 bits per heavy atom. The van der Waals surface area contributed by atoms with Gasteiger partial charge in [-0.05, 0) is 30.7 Å². The van der Waals surface area contributed by atoms with Gasteiger partial charge in [0.25, 0.3) is 0 Å². The molecule has 2 rings (SSSR count). The van der Waals surface area contributed by atoms with Crippen molar-refractivity contribution < 1.29 is 18.0 Å². The second-order valence-electron chi connectivity index (χ2n) is 5.67. The summed E-state index contributed by atoms with van der Waals surface area (Å²) in [7, 11) is 1.46. The molecule has 0 bridgehead atoms. The van der Waals surface area contributed by atoms with Gasteiger partial charge in [-0.15, -0.1) is 0 Å². The highest BCUT2D eigenvalue weighted by Crippen LogP contribution is 2.41. The number of amides is 2. The summed E-state index contributed by atoms with van der Waals surface area (Å²) < 4.78 is 40.5. The van der Waals surface area contributed by atoms with Crippen molar-refractivity contribution in [1.29, 1.82) is 0 Å². The smallest absolute Gasteiger partial charge is 0.366 e. The molecule has 7 nitrogen and oxygen atoms in total. The van der Waals surface area contributed by atoms with Gasteiger partial charge in [0.2, 0.25) is 0 Å². The van der Waals surface area contributed by atoms with Crippen LogP contribution in [0.3, 0.4) is 0 Å². The number of alkyl halides is 3. The van der Waals surface area contributed by atoms with Crippen molar-refractivity contribution in [3.8, 4) is 0 Å². The summed E-state index contributed by atoms with van der Waals surface area (Å²) >= 11 is 0. The Kier molecular flexibility index (Phi) is 5.68. The first-order valence-corrected chi connectivity index (χ1v) is 7.53. The predicted octanol–water partition coefficient (Wildman–Crippen LogP) is 2.31. The first kappa shape index (κ1) is 19.5. The molecule has 0 saturated carbocycles. The average molecular weight is 368 g/mol. The summed E-state index contributed by atoms with van der Waals surface area (Å²) in [5.74, 6) is 10.7. The molecule has 2 aromatic rings. The molecule has 0 spiro atoms. The summed E-state index contributed by atoms with van der Waals surface area (Å²) in [4.78, 5) is 17.2. The van der Waals surface area contributed by atoms with Crippen LogP contribution in [-0.2, 0) is 12.7 Å². The number of hydrazine groups is 2. The van der Waals surface area contributed by atoms with Crippen molar-refractivity contribution >= 4 is 17.4 Å². The highest BCUT2D eigenvalue weighted by atomic mass is 19.4. The van der Waals surface area contributed by atoms with E-state index in [4.69, 9.17) is 11.7 Å². The maximum absolute atomic E-state index is 13.5. The fraction of sp³-hybridized carbons (Fsp3) is 0.250. The van der Waals surface area contributed by atoms with Crippen LogP contribution in [0.4, 0.5) is 29.3 Å². The number of urea groups is 1. The zero-order valence-corrected chi connectivity index (χ0v) is 14.2. The van der Waals surface area contributed by atoms with Crippen molar-refractivity contribution in [3.05, 3.63) is 53.3 Å². The highest BCUT2D eigenvalue weighted by Gasteiger charge is 2.36. The number of nitrogens with two attached hydrogens (primary N) is 2. The van der Waals surface area contributed by atoms with Gasteiger partial charge in [-0.25, -0.2) is 21.5 Å². The summed E-state index contributed by atoms with van der Waals surface area (Å²) in [5.41, 5.74) is 1.96. The number of aromatic nitrogens is 1. The molecular weight excluding hydrogens is 349 g/mol. The number of pyridine rings is 1. The first-order chi connectivity index (χ1) is 12.1. The minimum absolute atomic E-state index is 0.0818. The van der Waals surface area contributed by atoms with E-state index in [-0.39, 0.29) is 17.9 Å². The van der Waals surface area contributed by atoms with Crippen molar-refractivity contribution in [3.63, 3.8) is 0 Å². The number of hydrogen-bond donors (Lipinski definition) is 3. The van der Waals surface area contributed by atoms with E-state index >= 15 is 0 Å². The van der Waals surface area contributed by atoms with Gasteiger partial charge in [-0.2, -0.15) is 13.2 Å². The van der Waals surface area contributed by atoms with Crippen LogP contribution in [0.1, 0.15) is 16.8 Å². The molecule has 140 valence electrons. The van der Waals surface area contributed by atoms with E-state index in [1.54, 1.807) is 17.7 Å². The molecule has 0 saturated heterocycles. The quantitative estimate of drug-likeness (QED) is 0.437. The maximum atomic E-state index is 13.5. The van der Waals surface area contributed by atoms with Crippen LogP contribution in [0.25, 0.3) is 0 Å². The Balaban J connectivity index is 2.51. The van der Waals surface area contributed by atoms with Gasteiger partial charge in [0.1, 0.15) is 0 Å². The van der Waals surface area contributed by atoms with Crippen molar-refractivity contribution in [1.82, 2.24) is 10.4 Å². The van der Waals surface area contributed by atoms with Crippen molar-refractivity contribution in [2.45, 2.75) is 19.6 Å². The summed E-state index contributed by atoms with van der Waals surface area (Å²) in [6.45, 7) is 1.94. The highest BCUT2D eigenvalue weighted by molar-refractivity contribution is 5.95. The molecule has 0 aliphatic heterocycles. The van der Waals surface area contributed by atoms with Crippen molar-refractivity contribution in [2.24, 2.45) is 11.7 Å². The zero-order valence-electron chi connectivity index (χ0n) is 14.2. The number of nitrogens with zero attached hydrogens (tertiary/aromatic N) is 3. The van der Waals surface area contributed by atoms with E-state index in [1.165, 1.54) is 24.1 Å². The number of nitrogens with one attached hydrogen (secondary N) is 1. The number of aryl methyl sites for hydroxylation is 1. The fourth-order valence-electron chi connectivity index (χ4n) is 2.45. The van der Waals surface area contributed by atoms with E-state index in [2.05, 4.69) is 4.98 Å². The van der Waals surface area contributed by atoms with Gasteiger partial charge in [0.05, 0.1) is 29.2 Å². The molecule has 1 aromatic carbocycles. The second kappa shape index (κ2) is 7.58. The van der Waals surface area contributed by atoms with Gasteiger partial charge < -0.3 is 4.90 Å². The monoisotopic (exact) mass is 368 g/mol. The van der Waals surface area contributed by atoms with Gasteiger partial charge in [-0.3, -0.25) is 10.4 Å². The number of carbonyl (C=O) groups excluding carboxylic acids is 1. The van der Waals surface area contributed by atoms with Crippen LogP contribution in [0.2, 0.25) is 0 Å². The molecule has 0 fully saturated rings. The van der Waals surface area contributed by atoms with Crippen LogP contribution in [-0.4, -0.2) is 18.1 Å². The summed E-state index contributed by atoms with van der Waals surface area (Å²) in [6.07, 6.45) is -3.02. The summed E-state index contributed by atoms with van der Waals surface area (Å²) in [5, 5.41) is 0.531. The number of para-hydroxylation sites is 1. The SMILES string of the molecule is Cc1ccc(CN(C)c2c(N(N)C(=O)NN)cccc2C(F)(F)F)nc1. The minimum Gasteiger partial charge on any atom is -0.366 e. The lowest BCUT2D eigenvalue weighted by Crippen LogP contribution is -2.48. The molecule has 5 N–H and O–H groups in total. The Labute approximate surface area is 148 Å². The largest absolute Gasteiger partial charge is 0.418 e. The van der Waals surface area contributed by atoms with Gasteiger partial charge in [0, 0.05) is 13.2 Å². The van der Waals surface area contributed by atoms with Crippen LogP contribution >= 0.6 is 0 Å². The second-order valence-corrected chi connectivity index (χ2v) is 5.67. The molecule has 10 heteroatoms. The molecule has 1 heterocycles. The van der Waals surface area contributed by atoms with Gasteiger partial charge in [-0.1, -0.05) is 12.1 Å². The Morgan fingerprint density at radius 1 is 1.27 bits per heavy atom. The molecule has 0 aliphatic rings. The molecule has 0 aliphatic carbocycles. The first-order valence-electron chi connectivity index (χ1n) is 7.53. The molecular formula is C16H19F3N6O. The number of anilines is 2. The van der Waals surface area contributed by atoms with E-state index < -0.39 is 17.8 Å². The third-order valence-corrected chi connectivity index (χ3v) is 3.68. The lowest BCUT2D eigenvalue weighted by atomic mass is 10.1. The van der Waals surface area contributed by atoms with Crippen LogP contribution in [0.15, 0.2) is 36.5 Å². The van der Waals surface area contributed by atoms with Crippen LogP contribution in [0, 0.1) is 6.92 Å². The van der Waals surface area contributed by atoms with Crippen LogP contribution < -0.4 is 27.0 Å². The number of carbonyl (C=O) groups is 1. The number of benzene rings is 1. The van der Waals surface area contributed by atoms with Crippen LogP contribution in [0.5, 0.6) is 0 Å². The third-order valence-electron chi connectivity index (χ3n) is 3.68. The fourth-order valence-corrected chi connectivity index (χ4v) is 2.45. The summed E-state index contributed by atoms with van der Waals surface area (Å²) in [6, 6.07) is 5.97. The number of halogens is 3. The minimum atomic E-state index is -4.64. The molecule has 0 atom stereocenters. The van der Waals surface area contributed by atoms with E-state index in [0.717, 1.165) is 11.6 Å². The predicted molar refractivity (Wildman–Crippen MR) is 91.9 cm³/mol. The lowest BCUT2D eigenvalue weighted by molar-refractivity contribution is -0.137. The topological polar surface area (TPSA) is 101 Å². The number of rotatable bonds is 4. The Morgan fingerprint density at radius 2 is 1.96 bits per heavy atom. The van der Waals surface area contributed by atoms with Gasteiger partial charge in [0.15, 0.2) is 0 Å². The zero-order chi connectivity index (χ0) is 19.5. The van der Waals surface area contributed by atoms with E-state index in [1.807, 2.05) is 13.0 Å². The molecule has 0 unspecified atom stereocenters. The lowest BCUT2D eigenvalue weighted by Gasteiger charge is -2.29. The number of hydrogen-bond acceptors (Lipinski definition) is 5. The molecule has 1 aromatic heterocycles. The molecule has 2 amide bonds. The third kappa shape index (κ3) is 4.21. The molecule has 26 heavy (non-hydrogen) atoms. The Hall–Kier alpha value is -2.85. The normalized spacial score (nSPS) is 11.2.